The molecule has 3 aromatic carbocycles. The van der Waals surface area contributed by atoms with Crippen molar-refractivity contribution in [3.8, 4) is 17.2 Å². The second-order valence-corrected chi connectivity index (χ2v) is 9.27. The molecule has 0 radical (unpaired) electrons. The molecule has 0 atom stereocenters. The van der Waals surface area contributed by atoms with Crippen LogP contribution in [0.2, 0.25) is 0 Å². The van der Waals surface area contributed by atoms with E-state index in [0.717, 1.165) is 27.8 Å². The van der Waals surface area contributed by atoms with Gasteiger partial charge in [0.1, 0.15) is 23.9 Å². The van der Waals surface area contributed by atoms with Gasteiger partial charge in [0.15, 0.2) is 11.4 Å². The highest BCUT2D eigenvalue weighted by atomic mass is 16.5. The lowest BCUT2D eigenvalue weighted by Gasteiger charge is -2.24. The molecule has 0 bridgehead atoms. The van der Waals surface area contributed by atoms with Crippen molar-refractivity contribution in [2.45, 2.75) is 46.8 Å². The Bertz CT molecular complexity index is 1310. The van der Waals surface area contributed by atoms with Crippen LogP contribution in [-0.2, 0) is 11.4 Å². The Hall–Kier alpha value is -4.06. The molecule has 4 rings (SSSR count). The molecule has 1 aliphatic heterocycles. The Morgan fingerprint density at radius 1 is 1.00 bits per heavy atom. The van der Waals surface area contributed by atoms with E-state index in [1.165, 1.54) is 13.8 Å². The highest BCUT2D eigenvalue weighted by molar-refractivity contribution is 6.14. The van der Waals surface area contributed by atoms with Gasteiger partial charge in [-0.15, -0.1) is 0 Å². The molecule has 0 aromatic heterocycles. The fourth-order valence-corrected chi connectivity index (χ4v) is 3.82. The monoisotopic (exact) mass is 472 g/mol. The van der Waals surface area contributed by atoms with Crippen LogP contribution in [0.4, 0.5) is 0 Å². The summed E-state index contributed by atoms with van der Waals surface area (Å²) >= 11 is 0. The minimum absolute atomic E-state index is 0.154. The first kappa shape index (κ1) is 24.1. The van der Waals surface area contributed by atoms with Crippen LogP contribution in [0.1, 0.15) is 52.0 Å². The maximum absolute atomic E-state index is 12.7. The first-order valence-electron chi connectivity index (χ1n) is 11.3. The van der Waals surface area contributed by atoms with E-state index in [0.29, 0.717) is 29.4 Å². The molecule has 180 valence electrons. The number of aryl methyl sites for hydroxylation is 3. The summed E-state index contributed by atoms with van der Waals surface area (Å²) in [5.74, 6) is 0.704. The smallest absolute Gasteiger partial charge is 0.347 e. The standard InChI is InChI=1S/C29H28O6/c1-17-6-8-20(9-7-17)14-25-26(30)23-11-10-22(15-24(23)34-25)33-16-21-12-18(2)27(19(3)13-21)35-29(4,5)28(31)32/h6-15H,16H2,1-5H3,(H,31,32)/b25-14-. The van der Waals surface area contributed by atoms with Crippen LogP contribution in [-0.4, -0.2) is 22.5 Å². The van der Waals surface area contributed by atoms with Crippen LogP contribution in [0.3, 0.4) is 0 Å². The zero-order valence-corrected chi connectivity index (χ0v) is 20.5. The molecule has 1 heterocycles. The van der Waals surface area contributed by atoms with Crippen LogP contribution in [0, 0.1) is 20.8 Å². The topological polar surface area (TPSA) is 82.1 Å². The van der Waals surface area contributed by atoms with E-state index in [1.54, 1.807) is 24.3 Å². The molecule has 3 aromatic rings. The van der Waals surface area contributed by atoms with E-state index in [2.05, 4.69) is 0 Å². The van der Waals surface area contributed by atoms with Gasteiger partial charge in [0.25, 0.3) is 0 Å². The van der Waals surface area contributed by atoms with Gasteiger partial charge in [0, 0.05) is 6.07 Å². The summed E-state index contributed by atoms with van der Waals surface area (Å²) in [7, 11) is 0. The first-order valence-corrected chi connectivity index (χ1v) is 11.3. The lowest BCUT2D eigenvalue weighted by Crippen LogP contribution is -2.38. The number of carbonyl (C=O) groups excluding carboxylic acids is 1. The summed E-state index contributed by atoms with van der Waals surface area (Å²) in [6.45, 7) is 9.10. The number of hydrogen-bond acceptors (Lipinski definition) is 5. The molecule has 6 heteroatoms. The van der Waals surface area contributed by atoms with Crippen molar-refractivity contribution in [3.05, 3.63) is 93.7 Å². The molecule has 0 saturated heterocycles. The Labute approximate surface area is 204 Å². The maximum atomic E-state index is 12.7. The number of carbonyl (C=O) groups is 2. The van der Waals surface area contributed by atoms with Crippen molar-refractivity contribution in [3.63, 3.8) is 0 Å². The number of rotatable bonds is 7. The third-order valence-electron chi connectivity index (χ3n) is 5.81. The number of ketones is 1. The third kappa shape index (κ3) is 5.22. The van der Waals surface area contributed by atoms with Crippen LogP contribution in [0.5, 0.6) is 17.2 Å². The molecule has 1 N–H and O–H groups in total. The minimum Gasteiger partial charge on any atom is -0.489 e. The number of carboxylic acids is 1. The van der Waals surface area contributed by atoms with Gasteiger partial charge in [-0.2, -0.15) is 0 Å². The fourth-order valence-electron chi connectivity index (χ4n) is 3.82. The number of aliphatic carboxylic acids is 1. The summed E-state index contributed by atoms with van der Waals surface area (Å²) in [4.78, 5) is 24.1. The molecule has 6 nitrogen and oxygen atoms in total. The fraction of sp³-hybridized carbons (Fsp3) is 0.241. The lowest BCUT2D eigenvalue weighted by atomic mass is 10.0. The van der Waals surface area contributed by atoms with Gasteiger partial charge in [0.2, 0.25) is 5.78 Å². The Morgan fingerprint density at radius 3 is 2.29 bits per heavy atom. The molecule has 0 saturated carbocycles. The van der Waals surface area contributed by atoms with Gasteiger partial charge in [-0.1, -0.05) is 29.8 Å². The summed E-state index contributed by atoms with van der Waals surface area (Å²) in [5.41, 5.74) is 3.78. The van der Waals surface area contributed by atoms with Gasteiger partial charge in [-0.05, 0) is 87.2 Å². The molecule has 0 unspecified atom stereocenters. The van der Waals surface area contributed by atoms with Crippen molar-refractivity contribution in [1.29, 1.82) is 0 Å². The van der Waals surface area contributed by atoms with E-state index in [-0.39, 0.29) is 11.5 Å². The normalized spacial score (nSPS) is 14.0. The Kier molecular flexibility index (Phi) is 6.39. The van der Waals surface area contributed by atoms with Crippen LogP contribution in [0.15, 0.2) is 60.4 Å². The van der Waals surface area contributed by atoms with E-state index in [1.807, 2.05) is 57.2 Å². The molecule has 35 heavy (non-hydrogen) atoms. The molecule has 0 fully saturated rings. The molecule has 0 spiro atoms. The predicted molar refractivity (Wildman–Crippen MR) is 133 cm³/mol. The van der Waals surface area contributed by atoms with Crippen molar-refractivity contribution in [1.82, 2.24) is 0 Å². The molecule has 1 aliphatic rings. The van der Waals surface area contributed by atoms with Crippen molar-refractivity contribution < 1.29 is 28.9 Å². The van der Waals surface area contributed by atoms with Gasteiger partial charge in [0.05, 0.1) is 5.56 Å². The number of Topliss-reactive ketones (excluding diaryl/α,β-unsaturated/α-hetero) is 1. The Morgan fingerprint density at radius 2 is 1.66 bits per heavy atom. The molecular formula is C29H28O6. The molecule has 0 aliphatic carbocycles. The molecular weight excluding hydrogens is 444 g/mol. The lowest BCUT2D eigenvalue weighted by molar-refractivity contribution is -0.152. The van der Waals surface area contributed by atoms with Gasteiger partial charge in [-0.25, -0.2) is 4.79 Å². The second kappa shape index (κ2) is 9.29. The number of ether oxygens (including phenoxy) is 3. The highest BCUT2D eigenvalue weighted by Crippen LogP contribution is 2.35. The predicted octanol–water partition coefficient (Wildman–Crippen LogP) is 6.05. The number of hydrogen-bond donors (Lipinski definition) is 1. The minimum atomic E-state index is -1.33. The Balaban J connectivity index is 1.47. The second-order valence-electron chi connectivity index (χ2n) is 9.27. The third-order valence-corrected chi connectivity index (χ3v) is 5.81. The van der Waals surface area contributed by atoms with Crippen molar-refractivity contribution in [2.24, 2.45) is 0 Å². The van der Waals surface area contributed by atoms with Crippen LogP contribution in [0.25, 0.3) is 6.08 Å². The summed E-state index contributed by atoms with van der Waals surface area (Å²) in [5, 5.41) is 9.35. The summed E-state index contributed by atoms with van der Waals surface area (Å²) < 4.78 is 17.6. The SMILES string of the molecule is Cc1ccc(/C=C2\Oc3cc(OCc4cc(C)c(OC(C)(C)C(=O)O)c(C)c4)ccc3C2=O)cc1. The van der Waals surface area contributed by atoms with Crippen LogP contribution >= 0.6 is 0 Å². The number of allylic oxidation sites excluding steroid dienone is 1. The highest BCUT2D eigenvalue weighted by Gasteiger charge is 2.31. The largest absolute Gasteiger partial charge is 0.489 e. The van der Waals surface area contributed by atoms with Gasteiger partial charge >= 0.3 is 5.97 Å². The number of carboxylic acid groups (broad SMARTS) is 1. The quantitative estimate of drug-likeness (QED) is 0.422. The van der Waals surface area contributed by atoms with E-state index >= 15 is 0 Å². The average molecular weight is 473 g/mol. The van der Waals surface area contributed by atoms with E-state index in [4.69, 9.17) is 14.2 Å². The van der Waals surface area contributed by atoms with Gasteiger partial charge < -0.3 is 19.3 Å². The van der Waals surface area contributed by atoms with E-state index < -0.39 is 11.6 Å². The number of benzene rings is 3. The zero-order chi connectivity index (χ0) is 25.3. The number of fused-ring (bicyclic) bond motifs is 1. The first-order chi connectivity index (χ1) is 16.5. The van der Waals surface area contributed by atoms with Gasteiger partial charge in [-0.3, -0.25) is 4.79 Å². The van der Waals surface area contributed by atoms with Crippen molar-refractivity contribution >= 4 is 17.8 Å². The summed E-state index contributed by atoms with van der Waals surface area (Å²) in [6.07, 6.45) is 1.74. The van der Waals surface area contributed by atoms with Crippen LogP contribution < -0.4 is 14.2 Å². The van der Waals surface area contributed by atoms with Crippen molar-refractivity contribution in [2.75, 3.05) is 0 Å². The maximum Gasteiger partial charge on any atom is 0.347 e. The molecule has 0 amide bonds. The zero-order valence-electron chi connectivity index (χ0n) is 20.5. The van der Waals surface area contributed by atoms with E-state index in [9.17, 15) is 14.7 Å². The summed E-state index contributed by atoms with van der Waals surface area (Å²) in [6, 6.07) is 16.9. The average Bonchev–Trinajstić information content (AvgIpc) is 3.11.